The van der Waals surface area contributed by atoms with Crippen molar-refractivity contribution in [1.29, 1.82) is 0 Å². The first kappa shape index (κ1) is 16.3. The highest BCUT2D eigenvalue weighted by Gasteiger charge is 2.29. The van der Waals surface area contributed by atoms with Crippen LogP contribution in [0.3, 0.4) is 0 Å². The standard InChI is InChI=1S/C15H24N2O3S/c1-4-17(9-13-5-6-20-10-13)21(18,19)15-8-11(2)7-14(16)12(15)3/h7-8,13H,4-6,9-10,16H2,1-3H3. The maximum Gasteiger partial charge on any atom is 0.243 e. The molecule has 0 bridgehead atoms. The van der Waals surface area contributed by atoms with E-state index in [2.05, 4.69) is 0 Å². The van der Waals surface area contributed by atoms with E-state index in [0.29, 0.717) is 35.8 Å². The molecule has 1 unspecified atom stereocenters. The van der Waals surface area contributed by atoms with E-state index in [9.17, 15) is 8.42 Å². The minimum atomic E-state index is -3.52. The molecule has 1 aliphatic heterocycles. The summed E-state index contributed by atoms with van der Waals surface area (Å²) < 4.78 is 32.7. The predicted molar refractivity (Wildman–Crippen MR) is 83.7 cm³/mol. The number of hydrogen-bond donors (Lipinski definition) is 1. The summed E-state index contributed by atoms with van der Waals surface area (Å²) in [6.07, 6.45) is 0.918. The van der Waals surface area contributed by atoms with Gasteiger partial charge in [0, 0.05) is 25.4 Å². The van der Waals surface area contributed by atoms with Crippen LogP contribution in [-0.2, 0) is 14.8 Å². The van der Waals surface area contributed by atoms with E-state index >= 15 is 0 Å². The highest BCUT2D eigenvalue weighted by atomic mass is 32.2. The van der Waals surface area contributed by atoms with E-state index < -0.39 is 10.0 Å². The number of nitrogens with zero attached hydrogens (tertiary/aromatic N) is 1. The van der Waals surface area contributed by atoms with Gasteiger partial charge in [-0.25, -0.2) is 8.42 Å². The van der Waals surface area contributed by atoms with Crippen LogP contribution in [0.4, 0.5) is 5.69 Å². The van der Waals surface area contributed by atoms with Crippen LogP contribution in [0.1, 0.15) is 24.5 Å². The van der Waals surface area contributed by atoms with Crippen molar-refractivity contribution in [3.05, 3.63) is 23.3 Å². The number of ether oxygens (including phenoxy) is 1. The fourth-order valence-corrected chi connectivity index (χ4v) is 4.54. The molecule has 2 rings (SSSR count). The number of benzene rings is 1. The van der Waals surface area contributed by atoms with Crippen LogP contribution in [0.2, 0.25) is 0 Å². The third-order valence-electron chi connectivity index (χ3n) is 4.00. The molecule has 0 saturated carbocycles. The molecule has 0 amide bonds. The van der Waals surface area contributed by atoms with Gasteiger partial charge in [-0.2, -0.15) is 4.31 Å². The number of nitrogen functional groups attached to an aromatic ring is 1. The van der Waals surface area contributed by atoms with Crippen molar-refractivity contribution in [2.45, 2.75) is 32.1 Å². The largest absolute Gasteiger partial charge is 0.398 e. The van der Waals surface area contributed by atoms with Crippen LogP contribution in [0.25, 0.3) is 0 Å². The average molecular weight is 312 g/mol. The Balaban J connectivity index is 2.34. The van der Waals surface area contributed by atoms with Crippen molar-refractivity contribution in [3.63, 3.8) is 0 Å². The van der Waals surface area contributed by atoms with E-state index in [1.165, 1.54) is 4.31 Å². The molecule has 0 aromatic heterocycles. The summed E-state index contributed by atoms with van der Waals surface area (Å²) in [6.45, 7) is 7.80. The van der Waals surface area contributed by atoms with Gasteiger partial charge in [-0.3, -0.25) is 0 Å². The molecular formula is C15H24N2O3S. The monoisotopic (exact) mass is 312 g/mol. The third-order valence-corrected chi connectivity index (χ3v) is 6.07. The number of aryl methyl sites for hydroxylation is 1. The molecule has 0 aliphatic carbocycles. The quantitative estimate of drug-likeness (QED) is 0.843. The fraction of sp³-hybridized carbons (Fsp3) is 0.600. The lowest BCUT2D eigenvalue weighted by Gasteiger charge is -2.24. The predicted octanol–water partition coefficient (Wildman–Crippen LogP) is 1.93. The molecule has 1 heterocycles. The summed E-state index contributed by atoms with van der Waals surface area (Å²) in [7, 11) is -3.52. The Hall–Kier alpha value is -1.11. The summed E-state index contributed by atoms with van der Waals surface area (Å²) in [5, 5.41) is 0. The molecule has 5 nitrogen and oxygen atoms in total. The zero-order valence-corrected chi connectivity index (χ0v) is 13.7. The van der Waals surface area contributed by atoms with Crippen LogP contribution >= 0.6 is 0 Å². The first-order valence-electron chi connectivity index (χ1n) is 7.31. The minimum absolute atomic E-state index is 0.280. The third kappa shape index (κ3) is 3.39. The summed E-state index contributed by atoms with van der Waals surface area (Å²) in [6, 6.07) is 3.50. The zero-order chi connectivity index (χ0) is 15.6. The summed E-state index contributed by atoms with van der Waals surface area (Å²) in [4.78, 5) is 0.320. The average Bonchev–Trinajstić information content (AvgIpc) is 2.92. The number of nitrogens with two attached hydrogens (primary N) is 1. The summed E-state index contributed by atoms with van der Waals surface area (Å²) in [5.74, 6) is 0.280. The summed E-state index contributed by atoms with van der Waals surface area (Å²) in [5.41, 5.74) is 7.93. The topological polar surface area (TPSA) is 72.6 Å². The second-order valence-corrected chi connectivity index (χ2v) is 7.57. The van der Waals surface area contributed by atoms with E-state index in [1.54, 1.807) is 19.1 Å². The molecule has 1 atom stereocenters. The normalized spacial score (nSPS) is 19.3. The van der Waals surface area contributed by atoms with Gasteiger partial charge in [-0.15, -0.1) is 0 Å². The number of sulfonamides is 1. The lowest BCUT2D eigenvalue weighted by Crippen LogP contribution is -2.36. The second-order valence-electron chi connectivity index (χ2n) is 5.66. The molecule has 1 fully saturated rings. The molecule has 118 valence electrons. The molecule has 1 aromatic carbocycles. The number of rotatable bonds is 5. The molecule has 1 saturated heterocycles. The Kier molecular flexibility index (Phi) is 4.91. The number of anilines is 1. The molecule has 2 N–H and O–H groups in total. The van der Waals surface area contributed by atoms with Crippen molar-refractivity contribution in [2.24, 2.45) is 5.92 Å². The molecular weight excluding hydrogens is 288 g/mol. The van der Waals surface area contributed by atoms with Gasteiger partial charge in [0.2, 0.25) is 10.0 Å². The molecule has 6 heteroatoms. The van der Waals surface area contributed by atoms with Crippen molar-refractivity contribution in [2.75, 3.05) is 32.0 Å². The fourth-order valence-electron chi connectivity index (χ4n) is 2.67. The smallest absolute Gasteiger partial charge is 0.243 e. The van der Waals surface area contributed by atoms with Crippen molar-refractivity contribution < 1.29 is 13.2 Å². The van der Waals surface area contributed by atoms with Gasteiger partial charge in [-0.1, -0.05) is 6.92 Å². The van der Waals surface area contributed by atoms with Gasteiger partial charge in [0.25, 0.3) is 0 Å². The molecule has 1 aliphatic rings. The van der Waals surface area contributed by atoms with E-state index in [-0.39, 0.29) is 5.92 Å². The lowest BCUT2D eigenvalue weighted by atomic mass is 10.1. The van der Waals surface area contributed by atoms with Gasteiger partial charge in [-0.05, 0) is 49.4 Å². The van der Waals surface area contributed by atoms with Crippen LogP contribution in [0, 0.1) is 19.8 Å². The molecule has 0 spiro atoms. The Morgan fingerprint density at radius 2 is 2.10 bits per heavy atom. The van der Waals surface area contributed by atoms with E-state index in [4.69, 9.17) is 10.5 Å². The Morgan fingerprint density at radius 1 is 1.38 bits per heavy atom. The van der Waals surface area contributed by atoms with Gasteiger partial charge < -0.3 is 10.5 Å². The highest BCUT2D eigenvalue weighted by molar-refractivity contribution is 7.89. The first-order valence-corrected chi connectivity index (χ1v) is 8.75. The molecule has 0 radical (unpaired) electrons. The number of hydrogen-bond acceptors (Lipinski definition) is 4. The second kappa shape index (κ2) is 6.34. The van der Waals surface area contributed by atoms with E-state index in [0.717, 1.165) is 18.6 Å². The SMILES string of the molecule is CCN(CC1CCOC1)S(=O)(=O)c1cc(C)cc(N)c1C. The van der Waals surface area contributed by atoms with Gasteiger partial charge in [0.1, 0.15) is 0 Å². The van der Waals surface area contributed by atoms with Crippen molar-refractivity contribution >= 4 is 15.7 Å². The first-order chi connectivity index (χ1) is 9.86. The minimum Gasteiger partial charge on any atom is -0.398 e. The zero-order valence-electron chi connectivity index (χ0n) is 12.9. The van der Waals surface area contributed by atoms with Gasteiger partial charge >= 0.3 is 0 Å². The maximum absolute atomic E-state index is 12.9. The maximum atomic E-state index is 12.9. The Morgan fingerprint density at radius 3 is 2.67 bits per heavy atom. The van der Waals surface area contributed by atoms with Crippen LogP contribution in [-0.4, -0.2) is 39.0 Å². The van der Waals surface area contributed by atoms with E-state index in [1.807, 2.05) is 13.8 Å². The van der Waals surface area contributed by atoms with Crippen LogP contribution < -0.4 is 5.73 Å². The van der Waals surface area contributed by atoms with Crippen molar-refractivity contribution in [1.82, 2.24) is 4.31 Å². The van der Waals surface area contributed by atoms with Crippen LogP contribution in [0.5, 0.6) is 0 Å². The summed E-state index contributed by atoms with van der Waals surface area (Å²) >= 11 is 0. The van der Waals surface area contributed by atoms with Gasteiger partial charge in [0.15, 0.2) is 0 Å². The highest BCUT2D eigenvalue weighted by Crippen LogP contribution is 2.27. The van der Waals surface area contributed by atoms with Gasteiger partial charge in [0.05, 0.1) is 11.5 Å². The Bertz CT molecular complexity index is 608. The lowest BCUT2D eigenvalue weighted by molar-refractivity contribution is 0.181. The van der Waals surface area contributed by atoms with Crippen molar-refractivity contribution in [3.8, 4) is 0 Å². The Labute approximate surface area is 127 Å². The molecule has 1 aromatic rings. The van der Waals surface area contributed by atoms with Crippen LogP contribution in [0.15, 0.2) is 17.0 Å². The molecule has 21 heavy (non-hydrogen) atoms.